The molecule has 0 spiro atoms. The highest BCUT2D eigenvalue weighted by Crippen LogP contribution is 2.36. The molecule has 4 nitrogen and oxygen atoms in total. The molecule has 1 fully saturated rings. The molecule has 1 aliphatic rings. The second kappa shape index (κ2) is 11.6. The summed E-state index contributed by atoms with van der Waals surface area (Å²) < 4.78 is 13.4. The molecule has 2 heterocycles. The molecule has 0 radical (unpaired) electrons. The molecule has 4 heteroatoms. The lowest BCUT2D eigenvalue weighted by atomic mass is 10.1. The van der Waals surface area contributed by atoms with E-state index in [4.69, 9.17) is 9.47 Å². The Kier molecular flexibility index (Phi) is 8.33. The smallest absolute Gasteiger partial charge is 0.119 e. The highest BCUT2D eigenvalue weighted by molar-refractivity contribution is 5.92. The van der Waals surface area contributed by atoms with E-state index in [0.29, 0.717) is 0 Å². The zero-order valence-corrected chi connectivity index (χ0v) is 20.7. The van der Waals surface area contributed by atoms with E-state index >= 15 is 0 Å². The van der Waals surface area contributed by atoms with Gasteiger partial charge in [-0.2, -0.15) is 0 Å². The van der Waals surface area contributed by atoms with E-state index in [1.54, 1.807) is 14.2 Å². The lowest BCUT2D eigenvalue weighted by Crippen LogP contribution is -2.20. The van der Waals surface area contributed by atoms with Gasteiger partial charge in [0.1, 0.15) is 11.5 Å². The molecule has 178 valence electrons. The third-order valence-corrected chi connectivity index (χ3v) is 7.19. The fourth-order valence-corrected chi connectivity index (χ4v) is 5.30. The van der Waals surface area contributed by atoms with E-state index in [-0.39, 0.29) is 0 Å². The third kappa shape index (κ3) is 5.73. The lowest BCUT2D eigenvalue weighted by Gasteiger charge is -2.14. The van der Waals surface area contributed by atoms with Gasteiger partial charge < -0.3 is 18.9 Å². The van der Waals surface area contributed by atoms with E-state index < -0.39 is 0 Å². The van der Waals surface area contributed by atoms with Crippen LogP contribution >= 0.6 is 0 Å². The van der Waals surface area contributed by atoms with Crippen molar-refractivity contribution in [1.82, 2.24) is 9.47 Å². The van der Waals surface area contributed by atoms with Crippen LogP contribution in [0.4, 0.5) is 0 Å². The first-order valence-corrected chi connectivity index (χ1v) is 12.7. The summed E-state index contributed by atoms with van der Waals surface area (Å²) in [7, 11) is 3.46. The Morgan fingerprint density at radius 1 is 0.727 bits per heavy atom. The second-order valence-electron chi connectivity index (χ2n) is 9.41. The van der Waals surface area contributed by atoms with Crippen molar-refractivity contribution in [1.29, 1.82) is 0 Å². The maximum absolute atomic E-state index is 5.51. The fourth-order valence-electron chi connectivity index (χ4n) is 5.30. The normalized spacial score (nSPS) is 14.3. The standard InChI is InChI=1S/C29H40N2O2/c1-23-27-22-26(33-3)16-17-28(27)31(29(23)24-12-14-25(32-2)15-13-24)21-9-7-5-4-6-8-18-30-19-10-11-20-30/h12-17,22H,4-11,18-21H2,1-3H3. The van der Waals surface area contributed by atoms with Gasteiger partial charge in [-0.1, -0.05) is 25.7 Å². The Morgan fingerprint density at radius 2 is 1.33 bits per heavy atom. The zero-order chi connectivity index (χ0) is 23.0. The topological polar surface area (TPSA) is 26.6 Å². The average molecular weight is 449 g/mol. The van der Waals surface area contributed by atoms with Crippen LogP contribution in [0, 0.1) is 6.92 Å². The quantitative estimate of drug-likeness (QED) is 0.277. The van der Waals surface area contributed by atoms with Gasteiger partial charge in [0.2, 0.25) is 0 Å². The van der Waals surface area contributed by atoms with Crippen molar-refractivity contribution < 1.29 is 9.47 Å². The molecular weight excluding hydrogens is 408 g/mol. The number of hydrogen-bond donors (Lipinski definition) is 0. The molecule has 0 saturated carbocycles. The molecule has 1 saturated heterocycles. The van der Waals surface area contributed by atoms with Crippen LogP contribution in [0.15, 0.2) is 42.5 Å². The molecule has 2 aromatic carbocycles. The minimum atomic E-state index is 0.894. The van der Waals surface area contributed by atoms with Gasteiger partial charge in [-0.25, -0.2) is 0 Å². The van der Waals surface area contributed by atoms with Crippen LogP contribution in [0.2, 0.25) is 0 Å². The van der Waals surface area contributed by atoms with Crippen LogP contribution < -0.4 is 9.47 Å². The van der Waals surface area contributed by atoms with Gasteiger partial charge in [0.15, 0.2) is 0 Å². The van der Waals surface area contributed by atoms with Gasteiger partial charge in [0, 0.05) is 17.4 Å². The lowest BCUT2D eigenvalue weighted by molar-refractivity contribution is 0.327. The van der Waals surface area contributed by atoms with Crippen molar-refractivity contribution in [3.63, 3.8) is 0 Å². The fraction of sp³-hybridized carbons (Fsp3) is 0.517. The predicted octanol–water partition coefficient (Wildman–Crippen LogP) is 7.07. The van der Waals surface area contributed by atoms with Crippen LogP contribution in [0.3, 0.4) is 0 Å². The Balaban J connectivity index is 1.40. The van der Waals surface area contributed by atoms with Crippen molar-refractivity contribution in [2.75, 3.05) is 33.9 Å². The van der Waals surface area contributed by atoms with Crippen LogP contribution in [0.1, 0.15) is 56.9 Å². The first-order valence-electron chi connectivity index (χ1n) is 12.7. The number of aryl methyl sites for hydroxylation is 2. The molecule has 33 heavy (non-hydrogen) atoms. The number of unbranched alkanes of at least 4 members (excludes halogenated alkanes) is 5. The molecule has 0 aliphatic carbocycles. The van der Waals surface area contributed by atoms with Crippen molar-refractivity contribution in [2.24, 2.45) is 0 Å². The van der Waals surface area contributed by atoms with Crippen molar-refractivity contribution in [3.05, 3.63) is 48.0 Å². The van der Waals surface area contributed by atoms with Gasteiger partial charge >= 0.3 is 0 Å². The van der Waals surface area contributed by atoms with Gasteiger partial charge in [0.05, 0.1) is 19.9 Å². The molecule has 4 rings (SSSR count). The van der Waals surface area contributed by atoms with E-state index in [2.05, 4.69) is 58.9 Å². The maximum atomic E-state index is 5.51. The number of fused-ring (bicyclic) bond motifs is 1. The number of aromatic nitrogens is 1. The molecule has 0 atom stereocenters. The molecule has 0 N–H and O–H groups in total. The van der Waals surface area contributed by atoms with E-state index in [1.807, 2.05) is 0 Å². The van der Waals surface area contributed by atoms with Gasteiger partial charge in [-0.3, -0.25) is 0 Å². The number of nitrogens with zero attached hydrogens (tertiary/aromatic N) is 2. The predicted molar refractivity (Wildman–Crippen MR) is 139 cm³/mol. The molecular formula is C29H40N2O2. The molecule has 3 aromatic rings. The summed E-state index contributed by atoms with van der Waals surface area (Å²) in [5, 5.41) is 1.28. The Bertz CT molecular complexity index is 1020. The van der Waals surface area contributed by atoms with Crippen LogP contribution in [-0.4, -0.2) is 43.3 Å². The Labute approximate surface area is 199 Å². The average Bonchev–Trinajstić information content (AvgIpc) is 3.47. The SMILES string of the molecule is COc1ccc(-c2c(C)c3cc(OC)ccc3n2CCCCCCCCN2CCCC2)cc1. The first kappa shape index (κ1) is 23.7. The van der Waals surface area contributed by atoms with Crippen molar-refractivity contribution in [3.8, 4) is 22.8 Å². The minimum Gasteiger partial charge on any atom is -0.497 e. The number of likely N-dealkylation sites (tertiary alicyclic amines) is 1. The summed E-state index contributed by atoms with van der Waals surface area (Å²) in [4.78, 5) is 2.63. The summed E-state index contributed by atoms with van der Waals surface area (Å²) in [5.41, 5.74) is 5.16. The van der Waals surface area contributed by atoms with Crippen LogP contribution in [0.25, 0.3) is 22.2 Å². The van der Waals surface area contributed by atoms with Gasteiger partial charge in [-0.15, -0.1) is 0 Å². The highest BCUT2D eigenvalue weighted by atomic mass is 16.5. The second-order valence-corrected chi connectivity index (χ2v) is 9.41. The molecule has 0 amide bonds. The number of methoxy groups -OCH3 is 2. The molecule has 1 aliphatic heterocycles. The number of rotatable bonds is 12. The Hall–Kier alpha value is -2.46. The minimum absolute atomic E-state index is 0.894. The summed E-state index contributed by atoms with van der Waals surface area (Å²) in [6.07, 6.45) is 10.7. The van der Waals surface area contributed by atoms with Crippen LogP contribution in [0.5, 0.6) is 11.5 Å². The Morgan fingerprint density at radius 3 is 2.00 bits per heavy atom. The van der Waals surface area contributed by atoms with E-state index in [1.165, 1.54) is 98.7 Å². The number of benzene rings is 2. The maximum Gasteiger partial charge on any atom is 0.119 e. The summed E-state index contributed by atoms with van der Waals surface area (Å²) in [5.74, 6) is 1.81. The van der Waals surface area contributed by atoms with E-state index in [0.717, 1.165) is 18.0 Å². The summed E-state index contributed by atoms with van der Waals surface area (Å²) >= 11 is 0. The third-order valence-electron chi connectivity index (χ3n) is 7.19. The monoisotopic (exact) mass is 448 g/mol. The summed E-state index contributed by atoms with van der Waals surface area (Å²) in [6.45, 7) is 7.24. The zero-order valence-electron chi connectivity index (χ0n) is 20.7. The number of ether oxygens (including phenoxy) is 2. The molecule has 0 unspecified atom stereocenters. The van der Waals surface area contributed by atoms with E-state index in [9.17, 15) is 0 Å². The largest absolute Gasteiger partial charge is 0.497 e. The molecule has 1 aromatic heterocycles. The molecule has 0 bridgehead atoms. The highest BCUT2D eigenvalue weighted by Gasteiger charge is 2.16. The first-order chi connectivity index (χ1) is 16.2. The van der Waals surface area contributed by atoms with Gasteiger partial charge in [0.25, 0.3) is 0 Å². The number of hydrogen-bond acceptors (Lipinski definition) is 3. The van der Waals surface area contributed by atoms with Crippen LogP contribution in [-0.2, 0) is 6.54 Å². The van der Waals surface area contributed by atoms with Crippen molar-refractivity contribution >= 4 is 10.9 Å². The van der Waals surface area contributed by atoms with Crippen molar-refractivity contribution in [2.45, 2.75) is 64.8 Å². The summed E-state index contributed by atoms with van der Waals surface area (Å²) in [6, 6.07) is 14.9. The van der Waals surface area contributed by atoms with Gasteiger partial charge in [-0.05, 0) is 106 Å².